The van der Waals surface area contributed by atoms with Crippen molar-refractivity contribution in [1.29, 1.82) is 0 Å². The Balaban J connectivity index is 1.67. The molecule has 22 heavy (non-hydrogen) atoms. The Hall–Kier alpha value is -1.47. The zero-order chi connectivity index (χ0) is 15.7. The van der Waals surface area contributed by atoms with Crippen LogP contribution in [0.3, 0.4) is 0 Å². The number of carbonyl (C=O) groups excluding carboxylic acids is 2. The second-order valence-electron chi connectivity index (χ2n) is 5.93. The predicted molar refractivity (Wildman–Crippen MR) is 82.6 cm³/mol. The minimum absolute atomic E-state index is 0.0514. The Labute approximate surface area is 133 Å². The number of aromatic nitrogens is 1. The number of ether oxygens (including phenoxy) is 1. The Morgan fingerprint density at radius 2 is 2.05 bits per heavy atom. The summed E-state index contributed by atoms with van der Waals surface area (Å²) >= 11 is 1.54. The largest absolute Gasteiger partial charge is 0.381 e. The molecular weight excluding hydrogens is 302 g/mol. The van der Waals surface area contributed by atoms with E-state index in [0.717, 1.165) is 28.4 Å². The van der Waals surface area contributed by atoms with Crippen LogP contribution in [0.25, 0.3) is 0 Å². The fourth-order valence-corrected chi connectivity index (χ4v) is 4.05. The normalized spacial score (nSPS) is 23.7. The van der Waals surface area contributed by atoms with E-state index in [1.807, 2.05) is 13.8 Å². The number of imide groups is 1. The van der Waals surface area contributed by atoms with Crippen molar-refractivity contribution in [2.45, 2.75) is 45.7 Å². The molecule has 2 aliphatic rings. The number of urea groups is 1. The fourth-order valence-electron chi connectivity index (χ4n) is 3.13. The molecule has 6 nitrogen and oxygen atoms in total. The summed E-state index contributed by atoms with van der Waals surface area (Å²) in [5, 5.41) is 3.96. The molecular formula is C15H21N3O3S. The van der Waals surface area contributed by atoms with Crippen molar-refractivity contribution in [3.05, 3.63) is 15.6 Å². The Morgan fingerprint density at radius 3 is 2.64 bits per heavy atom. The minimum Gasteiger partial charge on any atom is -0.381 e. The second kappa shape index (κ2) is 6.34. The van der Waals surface area contributed by atoms with Gasteiger partial charge in [0, 0.05) is 30.6 Å². The molecule has 2 fully saturated rings. The van der Waals surface area contributed by atoms with E-state index in [-0.39, 0.29) is 18.0 Å². The average molecular weight is 323 g/mol. The molecule has 2 saturated heterocycles. The number of aryl methyl sites for hydroxylation is 2. The van der Waals surface area contributed by atoms with Crippen LogP contribution in [0, 0.1) is 19.8 Å². The molecule has 0 saturated carbocycles. The van der Waals surface area contributed by atoms with Gasteiger partial charge in [0.2, 0.25) is 5.91 Å². The molecule has 1 atom stereocenters. The lowest BCUT2D eigenvalue weighted by Crippen LogP contribution is -2.56. The molecule has 1 unspecified atom stereocenters. The van der Waals surface area contributed by atoms with Gasteiger partial charge < -0.3 is 10.1 Å². The third kappa shape index (κ3) is 3.15. The predicted octanol–water partition coefficient (Wildman–Crippen LogP) is 2.00. The van der Waals surface area contributed by atoms with Crippen LogP contribution in [0.5, 0.6) is 0 Å². The lowest BCUT2D eigenvalue weighted by molar-refractivity contribution is -0.131. The molecule has 7 heteroatoms. The van der Waals surface area contributed by atoms with Crippen molar-refractivity contribution >= 4 is 23.3 Å². The average Bonchev–Trinajstić information content (AvgIpc) is 2.81. The zero-order valence-corrected chi connectivity index (χ0v) is 13.7. The Bertz CT molecular complexity index is 563. The number of nitrogens with one attached hydrogen (secondary N) is 1. The van der Waals surface area contributed by atoms with Gasteiger partial charge in [0.15, 0.2) is 0 Å². The van der Waals surface area contributed by atoms with Crippen molar-refractivity contribution < 1.29 is 14.3 Å². The summed E-state index contributed by atoms with van der Waals surface area (Å²) in [6, 6.07) is -0.331. The van der Waals surface area contributed by atoms with Gasteiger partial charge in [-0.25, -0.2) is 9.78 Å². The van der Waals surface area contributed by atoms with E-state index in [9.17, 15) is 9.59 Å². The summed E-state index contributed by atoms with van der Waals surface area (Å²) in [4.78, 5) is 31.4. The monoisotopic (exact) mass is 323 g/mol. The number of amides is 3. The summed E-state index contributed by atoms with van der Waals surface area (Å²) < 4.78 is 5.35. The quantitative estimate of drug-likeness (QED) is 0.923. The lowest BCUT2D eigenvalue weighted by Gasteiger charge is -2.36. The number of hydrogen-bond acceptors (Lipinski definition) is 5. The molecule has 3 heterocycles. The highest BCUT2D eigenvalue weighted by Gasteiger charge is 2.36. The van der Waals surface area contributed by atoms with Crippen molar-refractivity contribution in [3.8, 4) is 0 Å². The molecule has 3 rings (SSSR count). The van der Waals surface area contributed by atoms with Crippen LogP contribution in [0.15, 0.2) is 0 Å². The summed E-state index contributed by atoms with van der Waals surface area (Å²) in [5.74, 6) is 0.252. The first-order valence-electron chi connectivity index (χ1n) is 7.66. The van der Waals surface area contributed by atoms with E-state index in [2.05, 4.69) is 10.3 Å². The maximum Gasteiger partial charge on any atom is 0.324 e. The van der Waals surface area contributed by atoms with Crippen molar-refractivity contribution in [2.24, 2.45) is 5.92 Å². The van der Waals surface area contributed by atoms with Gasteiger partial charge in [0.1, 0.15) is 0 Å². The third-order valence-electron chi connectivity index (χ3n) is 4.39. The van der Waals surface area contributed by atoms with Gasteiger partial charge in [0.25, 0.3) is 0 Å². The summed E-state index contributed by atoms with van der Waals surface area (Å²) in [7, 11) is 0. The summed E-state index contributed by atoms with van der Waals surface area (Å²) in [6.07, 6.45) is 2.20. The molecule has 120 valence electrons. The first-order valence-corrected chi connectivity index (χ1v) is 8.47. The van der Waals surface area contributed by atoms with Crippen LogP contribution in [0.4, 0.5) is 4.79 Å². The molecule has 1 aromatic heterocycles. The highest BCUT2D eigenvalue weighted by molar-refractivity contribution is 7.11. The molecule has 0 radical (unpaired) electrons. The maximum absolute atomic E-state index is 12.4. The summed E-state index contributed by atoms with van der Waals surface area (Å²) in [6.45, 7) is 5.60. The third-order valence-corrected chi connectivity index (χ3v) is 5.44. The molecule has 0 bridgehead atoms. The van der Waals surface area contributed by atoms with Crippen molar-refractivity contribution in [2.75, 3.05) is 13.2 Å². The smallest absolute Gasteiger partial charge is 0.324 e. The molecule has 1 N–H and O–H groups in total. The van der Waals surface area contributed by atoms with E-state index in [4.69, 9.17) is 4.74 Å². The highest BCUT2D eigenvalue weighted by atomic mass is 32.1. The van der Waals surface area contributed by atoms with E-state index in [1.54, 1.807) is 0 Å². The number of hydrogen-bond donors (Lipinski definition) is 1. The lowest BCUT2D eigenvalue weighted by atomic mass is 9.88. The molecule has 3 amide bonds. The first-order chi connectivity index (χ1) is 10.5. The van der Waals surface area contributed by atoms with Crippen LogP contribution in [0.1, 0.15) is 34.8 Å². The minimum atomic E-state index is -0.279. The Kier molecular flexibility index (Phi) is 4.44. The van der Waals surface area contributed by atoms with Crippen LogP contribution in [-0.4, -0.2) is 41.1 Å². The number of nitrogens with zero attached hydrogens (tertiary/aromatic N) is 2. The van der Waals surface area contributed by atoms with Crippen LogP contribution in [-0.2, 0) is 16.1 Å². The first kappa shape index (κ1) is 15.4. The van der Waals surface area contributed by atoms with Gasteiger partial charge in [-0.2, -0.15) is 0 Å². The van der Waals surface area contributed by atoms with E-state index >= 15 is 0 Å². The SMILES string of the molecule is Cc1nc(C)c(CN2C(=O)CC(C3CCOCC3)NC2=O)s1. The van der Waals surface area contributed by atoms with E-state index in [1.165, 1.54) is 16.2 Å². The van der Waals surface area contributed by atoms with Gasteiger partial charge in [0.05, 0.1) is 17.2 Å². The van der Waals surface area contributed by atoms with E-state index < -0.39 is 0 Å². The van der Waals surface area contributed by atoms with Crippen LogP contribution < -0.4 is 5.32 Å². The van der Waals surface area contributed by atoms with Crippen LogP contribution in [0.2, 0.25) is 0 Å². The molecule has 1 aromatic rings. The van der Waals surface area contributed by atoms with Gasteiger partial charge in [-0.3, -0.25) is 9.69 Å². The zero-order valence-electron chi connectivity index (χ0n) is 12.9. The standard InChI is InChI=1S/C15H21N3O3S/c1-9-13(22-10(2)16-9)8-18-14(19)7-12(17-15(18)20)11-3-5-21-6-4-11/h11-12H,3-8H2,1-2H3,(H,17,20). The van der Waals surface area contributed by atoms with Gasteiger partial charge in [-0.1, -0.05) is 0 Å². The van der Waals surface area contributed by atoms with Gasteiger partial charge in [-0.15, -0.1) is 11.3 Å². The topological polar surface area (TPSA) is 71.5 Å². The van der Waals surface area contributed by atoms with Crippen molar-refractivity contribution in [1.82, 2.24) is 15.2 Å². The molecule has 0 aliphatic carbocycles. The fraction of sp³-hybridized carbons (Fsp3) is 0.667. The van der Waals surface area contributed by atoms with Gasteiger partial charge in [-0.05, 0) is 32.6 Å². The Morgan fingerprint density at radius 1 is 1.32 bits per heavy atom. The number of carbonyl (C=O) groups is 2. The molecule has 0 aromatic carbocycles. The second-order valence-corrected chi connectivity index (χ2v) is 7.22. The maximum atomic E-state index is 12.4. The number of rotatable bonds is 3. The summed E-state index contributed by atoms with van der Waals surface area (Å²) in [5.41, 5.74) is 0.898. The van der Waals surface area contributed by atoms with Crippen LogP contribution >= 0.6 is 11.3 Å². The number of thiazole rings is 1. The van der Waals surface area contributed by atoms with Gasteiger partial charge >= 0.3 is 6.03 Å². The molecule has 0 spiro atoms. The van der Waals surface area contributed by atoms with E-state index in [0.29, 0.717) is 32.1 Å². The van der Waals surface area contributed by atoms with Crippen molar-refractivity contribution in [3.63, 3.8) is 0 Å². The molecule has 2 aliphatic heterocycles. The highest BCUT2D eigenvalue weighted by Crippen LogP contribution is 2.26.